The Morgan fingerprint density at radius 1 is 0.915 bits per heavy atom. The van der Waals surface area contributed by atoms with Crippen molar-refractivity contribution in [3.8, 4) is 0 Å². The third kappa shape index (κ3) is 8.09. The van der Waals surface area contributed by atoms with E-state index < -0.39 is 42.4 Å². The number of rotatable bonds is 13. The Hall–Kier alpha value is -7.00. The van der Waals surface area contributed by atoms with Crippen molar-refractivity contribution in [1.82, 2.24) is 14.9 Å². The van der Waals surface area contributed by atoms with Crippen molar-refractivity contribution in [2.24, 2.45) is 5.73 Å². The van der Waals surface area contributed by atoms with Crippen LogP contribution in [0.15, 0.2) is 83.2 Å². The van der Waals surface area contributed by atoms with E-state index in [1.165, 1.54) is 36.2 Å². The lowest BCUT2D eigenvalue weighted by Crippen LogP contribution is -2.42. The maximum atomic E-state index is 14.2. The average molecular weight is 800 g/mol. The average Bonchev–Trinajstić information content (AvgIpc) is 3.56. The number of anilines is 1. The number of nitrogens with zero attached hydrogens (tertiary/aromatic N) is 3. The van der Waals surface area contributed by atoms with Crippen LogP contribution in [0.3, 0.4) is 0 Å². The summed E-state index contributed by atoms with van der Waals surface area (Å²) >= 11 is 0. The highest BCUT2D eigenvalue weighted by Gasteiger charge is 2.38. The van der Waals surface area contributed by atoms with Crippen molar-refractivity contribution >= 4 is 62.9 Å². The maximum Gasteiger partial charge on any atom is 0.414 e. The molecule has 0 saturated carbocycles. The number of amides is 2. The normalized spacial score (nSPS) is 13.9. The number of allylic oxidation sites excluding steroid dienone is 1. The molecule has 302 valence electrons. The van der Waals surface area contributed by atoms with Gasteiger partial charge in [0.2, 0.25) is 0 Å². The van der Waals surface area contributed by atoms with Gasteiger partial charge in [0.05, 0.1) is 31.7 Å². The van der Waals surface area contributed by atoms with E-state index in [4.69, 9.17) is 19.9 Å². The van der Waals surface area contributed by atoms with Crippen molar-refractivity contribution in [2.75, 3.05) is 32.3 Å². The second kappa shape index (κ2) is 16.8. The molecule has 0 saturated heterocycles. The summed E-state index contributed by atoms with van der Waals surface area (Å²) in [6.07, 6.45) is 1.48. The molecule has 5 aromatic rings. The SMILES string of the molecule is COC(=O)CCC(C(=O)OC)N1Cc2cc(N(Cc3ccc4ccc5nc(C)[nH]c(=O)c5c4c3)C(=O)OCC3=CC(=O)c4ccc(CCCN)cc4C3=O)ccc2C1=O. The fourth-order valence-electron chi connectivity index (χ4n) is 7.56. The number of ether oxygens (including phenoxy) is 3. The van der Waals surface area contributed by atoms with Gasteiger partial charge < -0.3 is 29.8 Å². The van der Waals surface area contributed by atoms with Crippen molar-refractivity contribution in [3.05, 3.63) is 128 Å². The molecule has 2 heterocycles. The minimum atomic E-state index is -1.08. The first kappa shape index (κ1) is 40.2. The largest absolute Gasteiger partial charge is 0.469 e. The number of carbonyl (C=O) groups is 6. The summed E-state index contributed by atoms with van der Waals surface area (Å²) in [7, 11) is 2.42. The number of aromatic nitrogens is 2. The van der Waals surface area contributed by atoms with Gasteiger partial charge in [-0.05, 0) is 103 Å². The zero-order valence-corrected chi connectivity index (χ0v) is 32.7. The molecular formula is C44H41N5O10. The molecule has 4 aromatic carbocycles. The summed E-state index contributed by atoms with van der Waals surface area (Å²) in [5.74, 6) is -2.08. The van der Waals surface area contributed by atoms with Crippen molar-refractivity contribution < 1.29 is 43.0 Å². The van der Waals surface area contributed by atoms with Gasteiger partial charge in [-0.25, -0.2) is 14.6 Å². The predicted molar refractivity (Wildman–Crippen MR) is 216 cm³/mol. The number of carbonyl (C=O) groups excluding carboxylic acids is 6. The molecule has 0 bridgehead atoms. The highest BCUT2D eigenvalue weighted by atomic mass is 16.6. The number of hydrogen-bond donors (Lipinski definition) is 2. The number of aryl methyl sites for hydroxylation is 2. The molecule has 0 fully saturated rings. The predicted octanol–water partition coefficient (Wildman–Crippen LogP) is 4.88. The molecule has 1 aromatic heterocycles. The Labute approximate surface area is 337 Å². The minimum absolute atomic E-state index is 0.00182. The minimum Gasteiger partial charge on any atom is -0.469 e. The van der Waals surface area contributed by atoms with Crippen LogP contribution in [0, 0.1) is 6.92 Å². The van der Waals surface area contributed by atoms with Crippen LogP contribution in [-0.4, -0.2) is 83.8 Å². The van der Waals surface area contributed by atoms with Gasteiger partial charge in [0.15, 0.2) is 11.6 Å². The summed E-state index contributed by atoms with van der Waals surface area (Å²) in [4.78, 5) is 102. The topological polar surface area (TPSA) is 208 Å². The molecule has 3 N–H and O–H groups in total. The Morgan fingerprint density at radius 3 is 2.44 bits per heavy atom. The number of aromatic amines is 1. The number of nitrogens with one attached hydrogen (secondary N) is 1. The number of fused-ring (bicyclic) bond motifs is 5. The molecule has 15 heteroatoms. The lowest BCUT2D eigenvalue weighted by Gasteiger charge is -2.25. The summed E-state index contributed by atoms with van der Waals surface area (Å²) in [5, 5.41) is 1.76. The molecule has 1 aliphatic heterocycles. The van der Waals surface area contributed by atoms with Crippen molar-refractivity contribution in [1.29, 1.82) is 0 Å². The Balaban J connectivity index is 1.21. The number of esters is 2. The molecule has 2 aliphatic rings. The number of Topliss-reactive ketones (excluding diaryl/α,β-unsaturated/α-hetero) is 1. The Kier molecular flexibility index (Phi) is 11.5. The number of benzene rings is 4. The van der Waals surface area contributed by atoms with Crippen LogP contribution in [0.4, 0.5) is 10.5 Å². The molecule has 59 heavy (non-hydrogen) atoms. The van der Waals surface area contributed by atoms with E-state index in [1.54, 1.807) is 55.5 Å². The zero-order chi connectivity index (χ0) is 42.0. The second-order valence-corrected chi connectivity index (χ2v) is 14.4. The number of ketones is 2. The van der Waals surface area contributed by atoms with Gasteiger partial charge in [0.1, 0.15) is 18.5 Å². The van der Waals surface area contributed by atoms with Crippen molar-refractivity contribution in [3.63, 3.8) is 0 Å². The van der Waals surface area contributed by atoms with E-state index in [1.807, 2.05) is 12.1 Å². The summed E-state index contributed by atoms with van der Waals surface area (Å²) in [6, 6.07) is 17.8. The van der Waals surface area contributed by atoms with Gasteiger partial charge in [-0.15, -0.1) is 0 Å². The van der Waals surface area contributed by atoms with E-state index in [9.17, 15) is 33.6 Å². The Morgan fingerprint density at radius 2 is 1.68 bits per heavy atom. The van der Waals surface area contributed by atoms with Crippen LogP contribution in [-0.2, 0) is 43.3 Å². The van der Waals surface area contributed by atoms with Crippen molar-refractivity contribution in [2.45, 2.75) is 51.7 Å². The molecule has 1 unspecified atom stereocenters. The lowest BCUT2D eigenvalue weighted by atomic mass is 9.88. The van der Waals surface area contributed by atoms with Gasteiger partial charge in [-0.1, -0.05) is 30.3 Å². The summed E-state index contributed by atoms with van der Waals surface area (Å²) < 4.78 is 15.5. The fourth-order valence-corrected chi connectivity index (χ4v) is 7.56. The molecule has 0 radical (unpaired) electrons. The molecule has 2 amide bonds. The number of H-pyrrole nitrogens is 1. The standard InChI is InChI=1S/C44H41N5O10/c1-24-46-35-13-9-27-8-6-26(18-33(27)39(35)41(53)47-24)21-48(44(56)59-23-29-20-37(50)32-11-7-25(5-4-16-45)17-34(32)40(29)52)30-10-12-31-28(19-30)22-49(42(31)54)36(43(55)58-3)14-15-38(51)57-2/h6-13,17-20,36H,4-5,14-16,21-23,45H2,1-3H3,(H,46,47,53). The maximum absolute atomic E-state index is 14.2. The fraction of sp³-hybridized carbons (Fsp3) is 0.273. The third-order valence-corrected chi connectivity index (χ3v) is 10.6. The molecular weight excluding hydrogens is 759 g/mol. The number of methoxy groups -OCH3 is 2. The second-order valence-electron chi connectivity index (χ2n) is 14.4. The molecule has 1 atom stereocenters. The molecule has 0 spiro atoms. The summed E-state index contributed by atoms with van der Waals surface area (Å²) in [6.45, 7) is 1.55. The van der Waals surface area contributed by atoms with E-state index in [2.05, 4.69) is 9.97 Å². The van der Waals surface area contributed by atoms with Crippen LogP contribution < -0.4 is 16.2 Å². The molecule has 7 rings (SSSR count). The Bertz CT molecular complexity index is 2670. The molecule has 15 nitrogen and oxygen atoms in total. The van der Waals surface area contributed by atoms with Gasteiger partial charge in [0, 0.05) is 40.9 Å². The van der Waals surface area contributed by atoms with Crippen LogP contribution in [0.25, 0.3) is 21.7 Å². The van der Waals surface area contributed by atoms with Crippen LogP contribution in [0.1, 0.15) is 72.9 Å². The third-order valence-electron chi connectivity index (χ3n) is 10.6. The van der Waals surface area contributed by atoms with E-state index >= 15 is 0 Å². The van der Waals surface area contributed by atoms with Crippen LogP contribution >= 0.6 is 0 Å². The van der Waals surface area contributed by atoms with Gasteiger partial charge in [-0.2, -0.15) is 0 Å². The highest BCUT2D eigenvalue weighted by molar-refractivity contribution is 6.24. The smallest absolute Gasteiger partial charge is 0.414 e. The van der Waals surface area contributed by atoms with Gasteiger partial charge in [0.25, 0.3) is 11.5 Å². The monoisotopic (exact) mass is 799 g/mol. The van der Waals surface area contributed by atoms with E-state index in [-0.39, 0.29) is 59.5 Å². The van der Waals surface area contributed by atoms with Crippen LogP contribution in [0.5, 0.6) is 0 Å². The summed E-state index contributed by atoms with van der Waals surface area (Å²) in [5.41, 5.74) is 8.90. The lowest BCUT2D eigenvalue weighted by molar-refractivity contribution is -0.147. The highest BCUT2D eigenvalue weighted by Crippen LogP contribution is 2.32. The van der Waals surface area contributed by atoms with E-state index in [0.29, 0.717) is 58.3 Å². The van der Waals surface area contributed by atoms with Gasteiger partial charge >= 0.3 is 18.0 Å². The van der Waals surface area contributed by atoms with Crippen LogP contribution in [0.2, 0.25) is 0 Å². The number of nitrogens with two attached hydrogens (primary N) is 1. The first-order valence-electron chi connectivity index (χ1n) is 19.0. The zero-order valence-electron chi connectivity index (χ0n) is 32.7. The van der Waals surface area contributed by atoms with E-state index in [0.717, 1.165) is 10.9 Å². The molecule has 1 aliphatic carbocycles. The van der Waals surface area contributed by atoms with Gasteiger partial charge in [-0.3, -0.25) is 28.9 Å². The number of hydrogen-bond acceptors (Lipinski definition) is 12. The first-order valence-corrected chi connectivity index (χ1v) is 19.0. The first-order chi connectivity index (χ1) is 28.4. The quantitative estimate of drug-likeness (QED) is 0.0929.